The Morgan fingerprint density at radius 2 is 1.90 bits per heavy atom. The first-order chi connectivity index (χ1) is 9.84. The minimum absolute atomic E-state index is 0.0808. The molecule has 0 aromatic carbocycles. The van der Waals surface area contributed by atoms with Crippen LogP contribution in [0.15, 0.2) is 0 Å². The van der Waals surface area contributed by atoms with Crippen molar-refractivity contribution in [1.82, 2.24) is 4.90 Å². The van der Waals surface area contributed by atoms with Crippen LogP contribution in [0.1, 0.15) is 45.4 Å². The van der Waals surface area contributed by atoms with E-state index in [1.165, 1.54) is 0 Å². The summed E-state index contributed by atoms with van der Waals surface area (Å²) in [4.78, 5) is 14.3. The topological polar surface area (TPSA) is 46.3 Å². The molecule has 21 heavy (non-hydrogen) atoms. The Bertz CT molecular complexity index is 372. The molecule has 1 heterocycles. The van der Waals surface area contributed by atoms with Gasteiger partial charge in [0.15, 0.2) is 0 Å². The molecule has 2 rings (SSSR count). The van der Waals surface area contributed by atoms with Gasteiger partial charge in [0, 0.05) is 25.0 Å². The Balaban J connectivity index is 2.12. The van der Waals surface area contributed by atoms with Crippen LogP contribution in [0.4, 0.5) is 13.2 Å². The van der Waals surface area contributed by atoms with Gasteiger partial charge < -0.3 is 10.6 Å². The zero-order valence-electron chi connectivity index (χ0n) is 12.5. The number of nitrogens with two attached hydrogens (primary N) is 1. The number of likely N-dealkylation sites (tertiary alicyclic amines) is 1. The zero-order chi connectivity index (χ0) is 15.6. The predicted molar refractivity (Wildman–Crippen MR) is 74.5 cm³/mol. The van der Waals surface area contributed by atoms with E-state index in [1.54, 1.807) is 4.90 Å². The van der Waals surface area contributed by atoms with E-state index in [4.69, 9.17) is 5.73 Å². The summed E-state index contributed by atoms with van der Waals surface area (Å²) in [5.41, 5.74) is 5.73. The number of halogens is 3. The molecule has 1 aliphatic carbocycles. The van der Waals surface area contributed by atoms with Crippen LogP contribution in [-0.4, -0.2) is 36.1 Å². The maximum Gasteiger partial charge on any atom is 0.392 e. The van der Waals surface area contributed by atoms with Crippen molar-refractivity contribution in [3.63, 3.8) is 0 Å². The molecule has 0 bridgehead atoms. The van der Waals surface area contributed by atoms with Crippen molar-refractivity contribution in [3.05, 3.63) is 0 Å². The summed E-state index contributed by atoms with van der Waals surface area (Å²) < 4.78 is 39.5. The molecule has 3 nitrogen and oxygen atoms in total. The smallest absolute Gasteiger partial charge is 0.338 e. The number of carbonyl (C=O) groups is 1. The maximum atomic E-state index is 13.2. The molecule has 1 amide bonds. The molecule has 1 aliphatic heterocycles. The standard InChI is InChI=1S/C15H25F3N2O/c1-10-6-7-20(11(8-10)9-19)14(21)12-4-2-3-5-13(12)15(16,17)18/h10-13H,2-9,19H2,1H3. The van der Waals surface area contributed by atoms with Gasteiger partial charge >= 0.3 is 6.18 Å². The Hall–Kier alpha value is -0.780. The molecule has 2 N–H and O–H groups in total. The fourth-order valence-electron chi connectivity index (χ4n) is 3.80. The molecule has 0 radical (unpaired) electrons. The van der Waals surface area contributed by atoms with E-state index in [-0.39, 0.29) is 18.4 Å². The molecule has 122 valence electrons. The average molecular weight is 306 g/mol. The highest BCUT2D eigenvalue weighted by molar-refractivity contribution is 5.80. The predicted octanol–water partition coefficient (Wildman–Crippen LogP) is 2.94. The molecule has 4 atom stereocenters. The highest BCUT2D eigenvalue weighted by atomic mass is 19.4. The molecule has 2 fully saturated rings. The van der Waals surface area contributed by atoms with Crippen LogP contribution in [-0.2, 0) is 4.79 Å². The molecule has 0 aromatic rings. The van der Waals surface area contributed by atoms with Crippen LogP contribution in [0.2, 0.25) is 0 Å². The van der Waals surface area contributed by atoms with E-state index in [0.717, 1.165) is 12.8 Å². The molecular weight excluding hydrogens is 281 g/mol. The number of hydrogen-bond acceptors (Lipinski definition) is 2. The van der Waals surface area contributed by atoms with Gasteiger partial charge in [-0.05, 0) is 31.6 Å². The minimum atomic E-state index is -4.28. The average Bonchev–Trinajstić information content (AvgIpc) is 2.45. The van der Waals surface area contributed by atoms with Gasteiger partial charge in [0.05, 0.1) is 5.92 Å². The van der Waals surface area contributed by atoms with Crippen LogP contribution < -0.4 is 5.73 Å². The highest BCUT2D eigenvalue weighted by Crippen LogP contribution is 2.42. The van der Waals surface area contributed by atoms with Crippen molar-refractivity contribution >= 4 is 5.91 Å². The molecule has 1 saturated heterocycles. The van der Waals surface area contributed by atoms with Crippen molar-refractivity contribution in [3.8, 4) is 0 Å². The number of hydrogen-bond donors (Lipinski definition) is 1. The van der Waals surface area contributed by atoms with Crippen molar-refractivity contribution in [2.75, 3.05) is 13.1 Å². The summed E-state index contributed by atoms with van der Waals surface area (Å²) in [5, 5.41) is 0. The van der Waals surface area contributed by atoms with E-state index < -0.39 is 18.0 Å². The number of alkyl halides is 3. The van der Waals surface area contributed by atoms with Crippen LogP contribution >= 0.6 is 0 Å². The Kier molecular flexibility index (Phi) is 5.17. The van der Waals surface area contributed by atoms with Gasteiger partial charge in [0.25, 0.3) is 0 Å². The fraction of sp³-hybridized carbons (Fsp3) is 0.933. The highest BCUT2D eigenvalue weighted by Gasteiger charge is 2.49. The van der Waals surface area contributed by atoms with Crippen molar-refractivity contribution in [1.29, 1.82) is 0 Å². The number of piperidine rings is 1. The third-order valence-corrected chi connectivity index (χ3v) is 5.04. The fourth-order valence-corrected chi connectivity index (χ4v) is 3.80. The number of amides is 1. The van der Waals surface area contributed by atoms with Gasteiger partial charge in [-0.15, -0.1) is 0 Å². The number of rotatable bonds is 2. The molecule has 4 unspecified atom stereocenters. The van der Waals surface area contributed by atoms with Crippen molar-refractivity contribution < 1.29 is 18.0 Å². The second-order valence-electron chi connectivity index (χ2n) is 6.59. The first kappa shape index (κ1) is 16.6. The van der Waals surface area contributed by atoms with E-state index in [2.05, 4.69) is 6.92 Å². The van der Waals surface area contributed by atoms with E-state index >= 15 is 0 Å². The van der Waals surface area contributed by atoms with Gasteiger partial charge in [-0.3, -0.25) is 4.79 Å². The van der Waals surface area contributed by atoms with Gasteiger partial charge in [-0.25, -0.2) is 0 Å². The van der Waals surface area contributed by atoms with Crippen molar-refractivity contribution in [2.24, 2.45) is 23.5 Å². The summed E-state index contributed by atoms with van der Waals surface area (Å²) in [5.74, 6) is -2.22. The van der Waals surface area contributed by atoms with Crippen LogP contribution in [0, 0.1) is 17.8 Å². The zero-order valence-corrected chi connectivity index (χ0v) is 12.5. The number of nitrogens with zero attached hydrogens (tertiary/aromatic N) is 1. The first-order valence-electron chi connectivity index (χ1n) is 7.91. The third-order valence-electron chi connectivity index (χ3n) is 5.04. The lowest BCUT2D eigenvalue weighted by atomic mass is 9.77. The molecule has 0 aromatic heterocycles. The number of carbonyl (C=O) groups excluding carboxylic acids is 1. The Labute approximate surface area is 124 Å². The summed E-state index contributed by atoms with van der Waals surface area (Å²) in [6.45, 7) is 2.98. The second-order valence-corrected chi connectivity index (χ2v) is 6.59. The molecule has 1 saturated carbocycles. The van der Waals surface area contributed by atoms with E-state index in [9.17, 15) is 18.0 Å². The van der Waals surface area contributed by atoms with Crippen LogP contribution in [0.3, 0.4) is 0 Å². The monoisotopic (exact) mass is 306 g/mol. The molecule has 2 aliphatic rings. The van der Waals surface area contributed by atoms with Gasteiger partial charge in [0.2, 0.25) is 5.91 Å². The van der Waals surface area contributed by atoms with Crippen LogP contribution in [0.25, 0.3) is 0 Å². The van der Waals surface area contributed by atoms with Gasteiger partial charge in [-0.1, -0.05) is 19.8 Å². The SMILES string of the molecule is CC1CCN(C(=O)C2CCCCC2C(F)(F)F)C(CN)C1. The van der Waals surface area contributed by atoms with Gasteiger partial charge in [0.1, 0.15) is 0 Å². The second kappa shape index (κ2) is 6.55. The van der Waals surface area contributed by atoms with Crippen LogP contribution in [0.5, 0.6) is 0 Å². The summed E-state index contributed by atoms with van der Waals surface area (Å²) in [6, 6.07) is -0.0999. The molecule has 0 spiro atoms. The minimum Gasteiger partial charge on any atom is -0.338 e. The Morgan fingerprint density at radius 1 is 1.24 bits per heavy atom. The van der Waals surface area contributed by atoms with E-state index in [1.807, 2.05) is 0 Å². The largest absolute Gasteiger partial charge is 0.392 e. The quantitative estimate of drug-likeness (QED) is 0.852. The summed E-state index contributed by atoms with van der Waals surface area (Å²) >= 11 is 0. The molecular formula is C15H25F3N2O. The Morgan fingerprint density at radius 3 is 2.52 bits per heavy atom. The molecule has 6 heteroatoms. The lowest BCUT2D eigenvalue weighted by Crippen LogP contribution is -2.53. The summed E-state index contributed by atoms with van der Waals surface area (Å²) in [6.07, 6.45) is -0.922. The van der Waals surface area contributed by atoms with E-state index in [0.29, 0.717) is 38.3 Å². The first-order valence-corrected chi connectivity index (χ1v) is 7.91. The van der Waals surface area contributed by atoms with Gasteiger partial charge in [-0.2, -0.15) is 13.2 Å². The van der Waals surface area contributed by atoms with Crippen molar-refractivity contribution in [2.45, 2.75) is 57.7 Å². The normalized spacial score (nSPS) is 34.8. The lowest BCUT2D eigenvalue weighted by Gasteiger charge is -2.42. The summed E-state index contributed by atoms with van der Waals surface area (Å²) in [7, 11) is 0. The third kappa shape index (κ3) is 3.71. The lowest BCUT2D eigenvalue weighted by molar-refractivity contribution is -0.201. The maximum absolute atomic E-state index is 13.2.